The molecule has 3 rings (SSSR count). The van der Waals surface area contributed by atoms with Crippen LogP contribution in [0.5, 0.6) is 0 Å². The Balaban J connectivity index is 1.56. The van der Waals surface area contributed by atoms with E-state index in [1.54, 1.807) is 0 Å². The fraction of sp³-hybridized carbons (Fsp3) is 0.526. The van der Waals surface area contributed by atoms with Gasteiger partial charge >= 0.3 is 0 Å². The highest BCUT2D eigenvalue weighted by Crippen LogP contribution is 2.29. The van der Waals surface area contributed by atoms with Gasteiger partial charge in [0.25, 0.3) is 0 Å². The molecule has 1 fully saturated rings. The predicted molar refractivity (Wildman–Crippen MR) is 92.7 cm³/mol. The summed E-state index contributed by atoms with van der Waals surface area (Å²) >= 11 is 0. The summed E-state index contributed by atoms with van der Waals surface area (Å²) in [4.78, 5) is 2.40. The van der Waals surface area contributed by atoms with E-state index in [4.69, 9.17) is 4.74 Å². The number of benzene rings is 1. The maximum Gasteiger partial charge on any atom is 0.0645 e. The number of hydrogen-bond donors (Lipinski definition) is 0. The largest absolute Gasteiger partial charge is 0.376 e. The zero-order chi connectivity index (χ0) is 16.3. The minimum Gasteiger partial charge on any atom is -0.376 e. The summed E-state index contributed by atoms with van der Waals surface area (Å²) in [7, 11) is 2.20. The van der Waals surface area contributed by atoms with Crippen LogP contribution in [0.4, 0.5) is 0 Å². The molecule has 0 N–H and O–H groups in total. The molecular formula is C19H27N3O. The molecule has 0 spiro atoms. The van der Waals surface area contributed by atoms with Crippen molar-refractivity contribution in [3.63, 3.8) is 0 Å². The SMILES string of the molecule is CN(Cc1cnn(-c2ccccc2)c1)CC1CCOC(C)(C)C1. The molecule has 2 heterocycles. The van der Waals surface area contributed by atoms with Crippen LogP contribution >= 0.6 is 0 Å². The Hall–Kier alpha value is -1.65. The molecule has 4 heteroatoms. The highest BCUT2D eigenvalue weighted by atomic mass is 16.5. The van der Waals surface area contributed by atoms with Gasteiger partial charge in [0, 0.05) is 31.5 Å². The van der Waals surface area contributed by atoms with Gasteiger partial charge in [-0.25, -0.2) is 4.68 Å². The molecule has 124 valence electrons. The third-order valence-corrected chi connectivity index (χ3v) is 4.48. The quantitative estimate of drug-likeness (QED) is 0.846. The van der Waals surface area contributed by atoms with Crippen molar-refractivity contribution in [2.75, 3.05) is 20.2 Å². The zero-order valence-corrected chi connectivity index (χ0v) is 14.4. The van der Waals surface area contributed by atoms with Crippen LogP contribution in [0.25, 0.3) is 5.69 Å². The van der Waals surface area contributed by atoms with Crippen LogP contribution in [0.2, 0.25) is 0 Å². The van der Waals surface area contributed by atoms with E-state index < -0.39 is 0 Å². The maximum absolute atomic E-state index is 5.82. The van der Waals surface area contributed by atoms with Crippen molar-refractivity contribution >= 4 is 0 Å². The molecule has 4 nitrogen and oxygen atoms in total. The minimum absolute atomic E-state index is 0.0297. The van der Waals surface area contributed by atoms with Gasteiger partial charge in [0.1, 0.15) is 0 Å². The Morgan fingerprint density at radius 1 is 1.30 bits per heavy atom. The molecule has 1 saturated heterocycles. The van der Waals surface area contributed by atoms with E-state index >= 15 is 0 Å². The Morgan fingerprint density at radius 3 is 2.83 bits per heavy atom. The van der Waals surface area contributed by atoms with Crippen molar-refractivity contribution in [2.24, 2.45) is 5.92 Å². The van der Waals surface area contributed by atoms with Gasteiger partial charge < -0.3 is 9.64 Å². The molecule has 1 aliphatic rings. The van der Waals surface area contributed by atoms with E-state index in [1.807, 2.05) is 29.1 Å². The van der Waals surface area contributed by atoms with Crippen molar-refractivity contribution in [1.29, 1.82) is 0 Å². The Kier molecular flexibility index (Phi) is 4.83. The number of para-hydroxylation sites is 1. The van der Waals surface area contributed by atoms with Gasteiger partial charge in [-0.2, -0.15) is 5.10 Å². The normalized spacial score (nSPS) is 20.8. The summed E-state index contributed by atoms with van der Waals surface area (Å²) in [5.41, 5.74) is 2.39. The lowest BCUT2D eigenvalue weighted by Crippen LogP contribution is -2.38. The third kappa shape index (κ3) is 4.43. The first-order chi connectivity index (χ1) is 11.0. The summed E-state index contributed by atoms with van der Waals surface area (Å²) in [6.45, 7) is 7.33. The molecule has 0 aliphatic carbocycles. The molecule has 2 aromatic rings. The second-order valence-electron chi connectivity index (χ2n) is 7.29. The van der Waals surface area contributed by atoms with Crippen LogP contribution in [0.3, 0.4) is 0 Å². The highest BCUT2D eigenvalue weighted by molar-refractivity contribution is 5.30. The van der Waals surface area contributed by atoms with Gasteiger partial charge in [0.2, 0.25) is 0 Å². The van der Waals surface area contributed by atoms with E-state index in [0.29, 0.717) is 5.92 Å². The Labute approximate surface area is 139 Å². The number of hydrogen-bond acceptors (Lipinski definition) is 3. The van der Waals surface area contributed by atoms with Gasteiger partial charge in [-0.15, -0.1) is 0 Å². The zero-order valence-electron chi connectivity index (χ0n) is 14.4. The monoisotopic (exact) mass is 313 g/mol. The second-order valence-corrected chi connectivity index (χ2v) is 7.29. The standard InChI is InChI=1S/C19H27N3O/c1-19(2)11-16(9-10-23-19)13-21(3)14-17-12-20-22(15-17)18-7-5-4-6-8-18/h4-8,12,15-16H,9-11,13-14H2,1-3H3. The lowest BCUT2D eigenvalue weighted by atomic mass is 9.88. The van der Waals surface area contributed by atoms with E-state index in [0.717, 1.165) is 38.2 Å². The smallest absolute Gasteiger partial charge is 0.0645 e. The first kappa shape index (κ1) is 16.2. The van der Waals surface area contributed by atoms with Crippen molar-refractivity contribution < 1.29 is 4.74 Å². The molecule has 0 amide bonds. The van der Waals surface area contributed by atoms with Gasteiger partial charge in [0.05, 0.1) is 17.5 Å². The summed E-state index contributed by atoms with van der Waals surface area (Å²) in [6, 6.07) is 10.2. The first-order valence-corrected chi connectivity index (χ1v) is 8.43. The van der Waals surface area contributed by atoms with Crippen molar-refractivity contribution in [1.82, 2.24) is 14.7 Å². The molecule has 0 bridgehead atoms. The van der Waals surface area contributed by atoms with Gasteiger partial charge in [-0.1, -0.05) is 18.2 Å². The Morgan fingerprint density at radius 2 is 2.09 bits per heavy atom. The molecule has 23 heavy (non-hydrogen) atoms. The third-order valence-electron chi connectivity index (χ3n) is 4.48. The van der Waals surface area contributed by atoms with Gasteiger partial charge in [-0.05, 0) is 51.8 Å². The number of ether oxygens (including phenoxy) is 1. The number of nitrogens with zero attached hydrogens (tertiary/aromatic N) is 3. The molecule has 1 unspecified atom stereocenters. The average Bonchev–Trinajstić information content (AvgIpc) is 2.95. The Bertz CT molecular complexity index is 621. The van der Waals surface area contributed by atoms with Crippen LogP contribution in [0, 0.1) is 5.92 Å². The number of aromatic nitrogens is 2. The van der Waals surface area contributed by atoms with Gasteiger partial charge in [0.15, 0.2) is 0 Å². The predicted octanol–water partition coefficient (Wildman–Crippen LogP) is 3.51. The molecule has 0 radical (unpaired) electrons. The summed E-state index contributed by atoms with van der Waals surface area (Å²) in [5.74, 6) is 0.716. The lowest BCUT2D eigenvalue weighted by molar-refractivity contribution is -0.0761. The van der Waals surface area contributed by atoms with Crippen LogP contribution in [-0.4, -0.2) is 40.5 Å². The molecular weight excluding hydrogens is 286 g/mol. The first-order valence-electron chi connectivity index (χ1n) is 8.43. The van der Waals surface area contributed by atoms with Crippen LogP contribution in [-0.2, 0) is 11.3 Å². The topological polar surface area (TPSA) is 30.3 Å². The second kappa shape index (κ2) is 6.85. The molecule has 1 aliphatic heterocycles. The van der Waals surface area contributed by atoms with E-state index in [9.17, 15) is 0 Å². The molecule has 0 saturated carbocycles. The minimum atomic E-state index is 0.0297. The van der Waals surface area contributed by atoms with Crippen molar-refractivity contribution in [3.8, 4) is 5.69 Å². The maximum atomic E-state index is 5.82. The summed E-state index contributed by atoms with van der Waals surface area (Å²) in [5, 5.41) is 4.48. The van der Waals surface area contributed by atoms with Crippen molar-refractivity contribution in [2.45, 2.75) is 38.8 Å². The summed E-state index contributed by atoms with van der Waals surface area (Å²) in [6.07, 6.45) is 6.40. The fourth-order valence-electron chi connectivity index (χ4n) is 3.49. The molecule has 1 aromatic carbocycles. The van der Waals surface area contributed by atoms with E-state index in [2.05, 4.69) is 49.2 Å². The fourth-order valence-corrected chi connectivity index (χ4v) is 3.49. The molecule has 1 atom stereocenters. The van der Waals surface area contributed by atoms with E-state index in [-0.39, 0.29) is 5.60 Å². The van der Waals surface area contributed by atoms with E-state index in [1.165, 1.54) is 5.56 Å². The van der Waals surface area contributed by atoms with Crippen LogP contribution in [0.1, 0.15) is 32.3 Å². The van der Waals surface area contributed by atoms with Crippen LogP contribution in [0.15, 0.2) is 42.7 Å². The van der Waals surface area contributed by atoms with Gasteiger partial charge in [-0.3, -0.25) is 0 Å². The lowest BCUT2D eigenvalue weighted by Gasteiger charge is -2.37. The number of rotatable bonds is 5. The molecule has 1 aromatic heterocycles. The van der Waals surface area contributed by atoms with Crippen LogP contribution < -0.4 is 0 Å². The summed E-state index contributed by atoms with van der Waals surface area (Å²) < 4.78 is 7.76. The average molecular weight is 313 g/mol. The van der Waals surface area contributed by atoms with Crippen molar-refractivity contribution in [3.05, 3.63) is 48.3 Å². The highest BCUT2D eigenvalue weighted by Gasteiger charge is 2.29.